The Morgan fingerprint density at radius 2 is 1.71 bits per heavy atom. The smallest absolute Gasteiger partial charge is 0.300 e. The first-order chi connectivity index (χ1) is 6.57. The summed E-state index contributed by atoms with van der Waals surface area (Å²) in [6, 6.07) is 0.458. The summed E-state index contributed by atoms with van der Waals surface area (Å²) in [7, 11) is 0. The van der Waals surface area contributed by atoms with Gasteiger partial charge in [0.1, 0.15) is 0 Å². The van der Waals surface area contributed by atoms with Crippen molar-refractivity contribution in [3.63, 3.8) is 0 Å². The lowest BCUT2D eigenvalue weighted by Gasteiger charge is -2.42. The second-order valence-corrected chi connectivity index (χ2v) is 4.46. The van der Waals surface area contributed by atoms with Crippen LogP contribution in [0, 0.1) is 5.92 Å². The van der Waals surface area contributed by atoms with Gasteiger partial charge in [0.2, 0.25) is 0 Å². The Balaban J connectivity index is 1.90. The molecule has 0 radical (unpaired) electrons. The molecule has 1 aliphatic carbocycles. The van der Waals surface area contributed by atoms with Crippen molar-refractivity contribution < 1.29 is 13.2 Å². The molecule has 2 rings (SSSR count). The van der Waals surface area contributed by atoms with Gasteiger partial charge in [0.15, 0.2) is 0 Å². The topological polar surface area (TPSA) is 3.24 Å². The fourth-order valence-electron chi connectivity index (χ4n) is 2.36. The van der Waals surface area contributed by atoms with Gasteiger partial charge < -0.3 is 0 Å². The van der Waals surface area contributed by atoms with Crippen LogP contribution in [0.25, 0.3) is 0 Å². The highest BCUT2D eigenvalue weighted by Gasteiger charge is 2.43. The van der Waals surface area contributed by atoms with Crippen LogP contribution in [0.5, 0.6) is 0 Å². The van der Waals surface area contributed by atoms with Gasteiger partial charge in [-0.25, -0.2) is 0 Å². The summed E-state index contributed by atoms with van der Waals surface area (Å²) in [4.78, 5) is 2.05. The van der Waals surface area contributed by atoms with E-state index in [1.54, 1.807) is 0 Å². The number of nitrogens with zero attached hydrogens (tertiary/aromatic N) is 1. The van der Waals surface area contributed by atoms with Gasteiger partial charge in [-0.05, 0) is 32.2 Å². The van der Waals surface area contributed by atoms with Crippen LogP contribution in [0.4, 0.5) is 13.2 Å². The van der Waals surface area contributed by atoms with Crippen LogP contribution in [0.3, 0.4) is 0 Å². The molecule has 0 N–H and O–H groups in total. The fraction of sp³-hybridized carbons (Fsp3) is 1.00. The SMILES string of the molecule is FC(F)(F)C1CCCN(C2CCC2)C1. The van der Waals surface area contributed by atoms with Crippen LogP contribution in [-0.2, 0) is 0 Å². The minimum Gasteiger partial charge on any atom is -0.300 e. The molecule has 0 aromatic rings. The van der Waals surface area contributed by atoms with Crippen LogP contribution in [0.1, 0.15) is 32.1 Å². The van der Waals surface area contributed by atoms with Crippen LogP contribution < -0.4 is 0 Å². The van der Waals surface area contributed by atoms with E-state index in [9.17, 15) is 13.2 Å². The molecule has 2 aliphatic rings. The van der Waals surface area contributed by atoms with Crippen LogP contribution in [0.15, 0.2) is 0 Å². The third-order valence-electron chi connectivity index (χ3n) is 3.51. The number of piperidine rings is 1. The van der Waals surface area contributed by atoms with Gasteiger partial charge in [-0.1, -0.05) is 6.42 Å². The quantitative estimate of drug-likeness (QED) is 0.639. The molecule has 1 saturated heterocycles. The highest BCUT2D eigenvalue weighted by Crippen LogP contribution is 2.36. The van der Waals surface area contributed by atoms with Crippen molar-refractivity contribution in [2.24, 2.45) is 5.92 Å². The van der Waals surface area contributed by atoms with E-state index < -0.39 is 12.1 Å². The molecule has 1 atom stereocenters. The number of hydrogen-bond donors (Lipinski definition) is 0. The molecule has 82 valence electrons. The Hall–Kier alpha value is -0.250. The van der Waals surface area contributed by atoms with Crippen molar-refractivity contribution in [1.82, 2.24) is 4.90 Å². The molecule has 4 heteroatoms. The summed E-state index contributed by atoms with van der Waals surface area (Å²) in [5, 5.41) is 0. The molecule has 1 unspecified atom stereocenters. The number of alkyl halides is 3. The van der Waals surface area contributed by atoms with Gasteiger partial charge in [0.25, 0.3) is 0 Å². The zero-order valence-corrected chi connectivity index (χ0v) is 8.19. The Morgan fingerprint density at radius 3 is 2.21 bits per heavy atom. The van der Waals surface area contributed by atoms with Crippen molar-refractivity contribution >= 4 is 0 Å². The van der Waals surface area contributed by atoms with Gasteiger partial charge >= 0.3 is 6.18 Å². The highest BCUT2D eigenvalue weighted by atomic mass is 19.4. The number of rotatable bonds is 1. The zero-order valence-electron chi connectivity index (χ0n) is 8.19. The second kappa shape index (κ2) is 3.72. The molecule has 0 amide bonds. The van der Waals surface area contributed by atoms with Crippen molar-refractivity contribution in [3.05, 3.63) is 0 Å². The lowest BCUT2D eigenvalue weighted by molar-refractivity contribution is -0.189. The summed E-state index contributed by atoms with van der Waals surface area (Å²) in [6.07, 6.45) is 0.447. The summed E-state index contributed by atoms with van der Waals surface area (Å²) in [5.74, 6) is -1.07. The number of halogens is 3. The number of likely N-dealkylation sites (tertiary alicyclic amines) is 1. The minimum atomic E-state index is -3.98. The molecular formula is C10H16F3N. The average Bonchev–Trinajstić information content (AvgIpc) is 2.00. The van der Waals surface area contributed by atoms with Gasteiger partial charge in [0.05, 0.1) is 5.92 Å². The molecule has 0 spiro atoms. The molecule has 1 saturated carbocycles. The van der Waals surface area contributed by atoms with Crippen molar-refractivity contribution in [1.29, 1.82) is 0 Å². The predicted octanol–water partition coefficient (Wildman–Crippen LogP) is 2.81. The van der Waals surface area contributed by atoms with E-state index in [2.05, 4.69) is 0 Å². The highest BCUT2D eigenvalue weighted by molar-refractivity contribution is 4.86. The summed E-state index contributed by atoms with van der Waals surface area (Å²) >= 11 is 0. The Bertz CT molecular complexity index is 198. The van der Waals surface area contributed by atoms with E-state index in [0.717, 1.165) is 19.4 Å². The number of hydrogen-bond acceptors (Lipinski definition) is 1. The van der Waals surface area contributed by atoms with E-state index in [4.69, 9.17) is 0 Å². The summed E-state index contributed by atoms with van der Waals surface area (Å²) in [6.45, 7) is 1.12. The maximum Gasteiger partial charge on any atom is 0.393 e. The van der Waals surface area contributed by atoms with Gasteiger partial charge in [-0.3, -0.25) is 4.90 Å². The lowest BCUT2D eigenvalue weighted by Crippen LogP contribution is -2.48. The monoisotopic (exact) mass is 207 g/mol. The molecule has 1 nitrogen and oxygen atoms in total. The third-order valence-corrected chi connectivity index (χ3v) is 3.51. The van der Waals surface area contributed by atoms with Crippen molar-refractivity contribution in [2.75, 3.05) is 13.1 Å². The molecular weight excluding hydrogens is 191 g/mol. The second-order valence-electron chi connectivity index (χ2n) is 4.46. The molecule has 14 heavy (non-hydrogen) atoms. The van der Waals surface area contributed by atoms with E-state index >= 15 is 0 Å². The van der Waals surface area contributed by atoms with Crippen molar-refractivity contribution in [2.45, 2.75) is 44.3 Å². The van der Waals surface area contributed by atoms with E-state index in [-0.39, 0.29) is 6.54 Å². The minimum absolute atomic E-state index is 0.244. The Morgan fingerprint density at radius 1 is 1.00 bits per heavy atom. The lowest BCUT2D eigenvalue weighted by atomic mass is 9.87. The van der Waals surface area contributed by atoms with Crippen LogP contribution in [0.2, 0.25) is 0 Å². The predicted molar refractivity (Wildman–Crippen MR) is 48.0 cm³/mol. The molecule has 1 heterocycles. The van der Waals surface area contributed by atoms with Gasteiger partial charge in [-0.2, -0.15) is 13.2 Å². The van der Waals surface area contributed by atoms with Crippen LogP contribution >= 0.6 is 0 Å². The Labute approximate surface area is 82.3 Å². The first-order valence-electron chi connectivity index (χ1n) is 5.38. The maximum absolute atomic E-state index is 12.5. The summed E-state index contributed by atoms with van der Waals surface area (Å²) < 4.78 is 37.4. The average molecular weight is 207 g/mol. The molecule has 0 aromatic carbocycles. The molecule has 2 fully saturated rings. The van der Waals surface area contributed by atoms with E-state index in [1.807, 2.05) is 4.90 Å². The zero-order chi connectivity index (χ0) is 10.2. The maximum atomic E-state index is 12.5. The molecule has 1 aliphatic heterocycles. The van der Waals surface area contributed by atoms with Crippen molar-refractivity contribution in [3.8, 4) is 0 Å². The summed E-state index contributed by atoms with van der Waals surface area (Å²) in [5.41, 5.74) is 0. The third kappa shape index (κ3) is 2.05. The van der Waals surface area contributed by atoms with Crippen LogP contribution in [-0.4, -0.2) is 30.2 Å². The normalized spacial score (nSPS) is 31.5. The first-order valence-corrected chi connectivity index (χ1v) is 5.38. The van der Waals surface area contributed by atoms with Gasteiger partial charge in [0, 0.05) is 12.6 Å². The molecule has 0 aromatic heterocycles. The van der Waals surface area contributed by atoms with E-state index in [1.165, 1.54) is 6.42 Å². The van der Waals surface area contributed by atoms with E-state index in [0.29, 0.717) is 18.9 Å². The fourth-order valence-corrected chi connectivity index (χ4v) is 2.36. The standard InChI is InChI=1S/C10H16F3N/c11-10(12,13)8-3-2-6-14(7-8)9-4-1-5-9/h8-9H,1-7H2. The largest absolute Gasteiger partial charge is 0.393 e. The Kier molecular flexibility index (Phi) is 2.73. The van der Waals surface area contributed by atoms with Gasteiger partial charge in [-0.15, -0.1) is 0 Å². The first kappa shape index (κ1) is 10.3. The molecule has 0 bridgehead atoms.